The van der Waals surface area contributed by atoms with Crippen LogP contribution in [0.1, 0.15) is 30.1 Å². The smallest absolute Gasteiger partial charge is 0.251 e. The van der Waals surface area contributed by atoms with E-state index in [-0.39, 0.29) is 18.4 Å². The van der Waals surface area contributed by atoms with Gasteiger partial charge in [0, 0.05) is 17.8 Å². The summed E-state index contributed by atoms with van der Waals surface area (Å²) in [6, 6.07) is 9.76. The number of hydrogen-bond acceptors (Lipinski definition) is 3. The number of anilines is 2. The van der Waals surface area contributed by atoms with E-state index >= 15 is 0 Å². The normalized spacial score (nSPS) is 10.4. The first-order valence-electron chi connectivity index (χ1n) is 8.47. The summed E-state index contributed by atoms with van der Waals surface area (Å²) in [6.45, 7) is 2.71. The Morgan fingerprint density at radius 1 is 0.963 bits per heavy atom. The lowest BCUT2D eigenvalue weighted by molar-refractivity contribution is -0.114. The third-order valence-electron chi connectivity index (χ3n) is 3.70. The molecule has 2 aromatic carbocycles. The maximum Gasteiger partial charge on any atom is 0.251 e. The second-order valence-electron chi connectivity index (χ2n) is 5.83. The van der Waals surface area contributed by atoms with E-state index in [2.05, 4.69) is 22.9 Å². The SMILES string of the molecule is CCCCNC(=O)c1ccc(NC(=O)CNc2cc(Cl)c(Cl)cc2Cl)cc1. The van der Waals surface area contributed by atoms with Gasteiger partial charge in [0.1, 0.15) is 0 Å². The third-order valence-corrected chi connectivity index (χ3v) is 4.73. The molecule has 0 atom stereocenters. The summed E-state index contributed by atoms with van der Waals surface area (Å²) in [7, 11) is 0. The van der Waals surface area contributed by atoms with Crippen LogP contribution in [-0.4, -0.2) is 24.9 Å². The summed E-state index contributed by atoms with van der Waals surface area (Å²) in [4.78, 5) is 24.0. The molecule has 0 fully saturated rings. The minimum atomic E-state index is -0.266. The lowest BCUT2D eigenvalue weighted by Crippen LogP contribution is -2.24. The van der Waals surface area contributed by atoms with Crippen molar-refractivity contribution in [1.29, 1.82) is 0 Å². The van der Waals surface area contributed by atoms with Crippen LogP contribution in [0.25, 0.3) is 0 Å². The van der Waals surface area contributed by atoms with Gasteiger partial charge in [-0.05, 0) is 42.8 Å². The van der Waals surface area contributed by atoms with E-state index in [1.165, 1.54) is 6.07 Å². The minimum Gasteiger partial charge on any atom is -0.375 e. The van der Waals surface area contributed by atoms with Gasteiger partial charge in [-0.25, -0.2) is 0 Å². The van der Waals surface area contributed by atoms with Gasteiger partial charge >= 0.3 is 0 Å². The Kier molecular flexibility index (Phi) is 8.23. The van der Waals surface area contributed by atoms with Gasteiger partial charge < -0.3 is 16.0 Å². The Hall–Kier alpha value is -1.95. The Bertz CT molecular complexity index is 811. The fraction of sp³-hybridized carbons (Fsp3) is 0.263. The number of benzene rings is 2. The van der Waals surface area contributed by atoms with Crippen molar-refractivity contribution in [2.45, 2.75) is 19.8 Å². The molecular formula is C19H20Cl3N3O2. The molecule has 0 aliphatic heterocycles. The van der Waals surface area contributed by atoms with Crippen LogP contribution in [-0.2, 0) is 4.79 Å². The average Bonchev–Trinajstić information content (AvgIpc) is 2.64. The monoisotopic (exact) mass is 427 g/mol. The number of amides is 2. The molecule has 8 heteroatoms. The molecule has 27 heavy (non-hydrogen) atoms. The van der Waals surface area contributed by atoms with Crippen LogP contribution in [0.5, 0.6) is 0 Å². The maximum absolute atomic E-state index is 12.1. The van der Waals surface area contributed by atoms with Crippen molar-refractivity contribution >= 4 is 58.0 Å². The van der Waals surface area contributed by atoms with E-state index in [0.717, 1.165) is 12.8 Å². The van der Waals surface area contributed by atoms with E-state index in [4.69, 9.17) is 34.8 Å². The molecule has 2 rings (SSSR count). The minimum absolute atomic E-state index is 0.00304. The number of hydrogen-bond donors (Lipinski definition) is 3. The predicted octanol–water partition coefficient (Wildman–Crippen LogP) is 5.23. The number of halogens is 3. The predicted molar refractivity (Wildman–Crippen MR) is 112 cm³/mol. The van der Waals surface area contributed by atoms with Crippen LogP contribution < -0.4 is 16.0 Å². The second kappa shape index (κ2) is 10.4. The molecule has 0 saturated carbocycles. The molecule has 2 amide bonds. The van der Waals surface area contributed by atoms with Crippen molar-refractivity contribution in [2.75, 3.05) is 23.7 Å². The third kappa shape index (κ3) is 6.61. The summed E-state index contributed by atoms with van der Waals surface area (Å²) in [5, 5.41) is 9.55. The highest BCUT2D eigenvalue weighted by Crippen LogP contribution is 2.32. The molecule has 0 heterocycles. The Balaban J connectivity index is 1.87. The first kappa shape index (κ1) is 21.4. The van der Waals surface area contributed by atoms with Gasteiger partial charge in [-0.2, -0.15) is 0 Å². The van der Waals surface area contributed by atoms with E-state index in [1.54, 1.807) is 30.3 Å². The molecule has 3 N–H and O–H groups in total. The Morgan fingerprint density at radius 3 is 2.30 bits per heavy atom. The van der Waals surface area contributed by atoms with Gasteiger partial charge in [0.15, 0.2) is 0 Å². The number of carbonyl (C=O) groups excluding carboxylic acids is 2. The molecule has 0 unspecified atom stereocenters. The fourth-order valence-corrected chi connectivity index (χ4v) is 2.84. The maximum atomic E-state index is 12.1. The van der Waals surface area contributed by atoms with Crippen molar-refractivity contribution < 1.29 is 9.59 Å². The van der Waals surface area contributed by atoms with Crippen LogP contribution in [0.15, 0.2) is 36.4 Å². The summed E-state index contributed by atoms with van der Waals surface area (Å²) >= 11 is 17.9. The zero-order chi connectivity index (χ0) is 19.8. The molecule has 0 aliphatic rings. The number of carbonyl (C=O) groups is 2. The zero-order valence-corrected chi connectivity index (χ0v) is 17.0. The van der Waals surface area contributed by atoms with Gasteiger partial charge in [0.25, 0.3) is 5.91 Å². The van der Waals surface area contributed by atoms with Gasteiger partial charge in [0.2, 0.25) is 5.91 Å². The van der Waals surface area contributed by atoms with E-state index in [9.17, 15) is 9.59 Å². The number of unbranched alkanes of at least 4 members (excludes halogenated alkanes) is 1. The zero-order valence-electron chi connectivity index (χ0n) is 14.7. The summed E-state index contributed by atoms with van der Waals surface area (Å²) in [5.74, 6) is -0.394. The first-order valence-corrected chi connectivity index (χ1v) is 9.60. The van der Waals surface area contributed by atoms with Crippen molar-refractivity contribution in [3.8, 4) is 0 Å². The van der Waals surface area contributed by atoms with Crippen LogP contribution >= 0.6 is 34.8 Å². The quantitative estimate of drug-likeness (QED) is 0.398. The highest BCUT2D eigenvalue weighted by molar-refractivity contribution is 6.44. The van der Waals surface area contributed by atoms with Crippen molar-refractivity contribution in [1.82, 2.24) is 5.32 Å². The average molecular weight is 429 g/mol. The molecule has 5 nitrogen and oxygen atoms in total. The van der Waals surface area contributed by atoms with Crippen LogP contribution in [0.4, 0.5) is 11.4 Å². The van der Waals surface area contributed by atoms with Crippen molar-refractivity contribution in [3.63, 3.8) is 0 Å². The summed E-state index contributed by atoms with van der Waals surface area (Å²) in [6.07, 6.45) is 1.96. The largest absolute Gasteiger partial charge is 0.375 e. The highest BCUT2D eigenvalue weighted by Gasteiger charge is 2.09. The summed E-state index contributed by atoms with van der Waals surface area (Å²) < 4.78 is 0. The molecule has 0 aromatic heterocycles. The standard InChI is InChI=1S/C19H20Cl3N3O2/c1-2-3-8-23-19(27)12-4-6-13(7-5-12)25-18(26)11-24-17-10-15(21)14(20)9-16(17)22/h4-7,9-10,24H,2-3,8,11H2,1H3,(H,23,27)(H,25,26). The van der Waals surface area contributed by atoms with E-state index in [1.807, 2.05) is 0 Å². The molecule has 0 saturated heterocycles. The lowest BCUT2D eigenvalue weighted by Gasteiger charge is -2.11. The fourth-order valence-electron chi connectivity index (χ4n) is 2.22. The molecule has 0 spiro atoms. The van der Waals surface area contributed by atoms with Crippen molar-refractivity contribution in [3.05, 3.63) is 57.0 Å². The number of rotatable bonds is 8. The van der Waals surface area contributed by atoms with E-state index < -0.39 is 0 Å². The second-order valence-corrected chi connectivity index (χ2v) is 7.06. The Morgan fingerprint density at radius 2 is 1.63 bits per heavy atom. The van der Waals surface area contributed by atoms with E-state index in [0.29, 0.717) is 38.6 Å². The van der Waals surface area contributed by atoms with Gasteiger partial charge in [-0.15, -0.1) is 0 Å². The van der Waals surface area contributed by atoms with Crippen LogP contribution in [0.2, 0.25) is 15.1 Å². The van der Waals surface area contributed by atoms with Crippen LogP contribution in [0, 0.1) is 0 Å². The molecule has 2 aromatic rings. The van der Waals surface area contributed by atoms with Gasteiger partial charge in [-0.1, -0.05) is 48.1 Å². The topological polar surface area (TPSA) is 70.2 Å². The van der Waals surface area contributed by atoms with Gasteiger partial charge in [-0.3, -0.25) is 9.59 Å². The highest BCUT2D eigenvalue weighted by atomic mass is 35.5. The Labute approximate surface area is 173 Å². The summed E-state index contributed by atoms with van der Waals surface area (Å²) in [5.41, 5.74) is 1.65. The van der Waals surface area contributed by atoms with Crippen molar-refractivity contribution in [2.24, 2.45) is 0 Å². The molecule has 144 valence electrons. The molecule has 0 bridgehead atoms. The molecule has 0 aliphatic carbocycles. The first-order chi connectivity index (χ1) is 12.9. The lowest BCUT2D eigenvalue weighted by atomic mass is 10.2. The molecular weight excluding hydrogens is 409 g/mol. The van der Waals surface area contributed by atoms with Gasteiger partial charge in [0.05, 0.1) is 27.3 Å². The molecule has 0 radical (unpaired) electrons. The number of nitrogens with one attached hydrogen (secondary N) is 3. The van der Waals surface area contributed by atoms with Crippen LogP contribution in [0.3, 0.4) is 0 Å².